The molecule has 0 atom stereocenters. The number of phenolic OH excluding ortho intramolecular Hbond substituents is 1. The molecule has 0 heterocycles. The van der Waals surface area contributed by atoms with E-state index in [-0.39, 0.29) is 11.7 Å². The van der Waals surface area contributed by atoms with E-state index in [1.807, 2.05) is 18.2 Å². The van der Waals surface area contributed by atoms with Gasteiger partial charge in [-0.15, -0.1) is 0 Å². The van der Waals surface area contributed by atoms with Crippen LogP contribution in [0.1, 0.15) is 12.0 Å². The zero-order chi connectivity index (χ0) is 13.7. The molecule has 2 rings (SSSR count). The van der Waals surface area contributed by atoms with Gasteiger partial charge in [0.15, 0.2) is 0 Å². The molecule has 2 aromatic rings. The fourth-order valence-corrected chi connectivity index (χ4v) is 1.97. The van der Waals surface area contributed by atoms with Crippen molar-refractivity contribution in [3.05, 3.63) is 59.1 Å². The average molecular weight is 276 g/mol. The van der Waals surface area contributed by atoms with E-state index in [0.717, 1.165) is 5.56 Å². The van der Waals surface area contributed by atoms with Gasteiger partial charge in [-0.1, -0.05) is 41.9 Å². The van der Waals surface area contributed by atoms with Crippen LogP contribution < -0.4 is 5.32 Å². The lowest BCUT2D eigenvalue weighted by Gasteiger charge is -2.07. The lowest BCUT2D eigenvalue weighted by molar-refractivity contribution is -0.116. The van der Waals surface area contributed by atoms with Gasteiger partial charge in [0.2, 0.25) is 5.91 Å². The molecule has 4 heteroatoms. The van der Waals surface area contributed by atoms with Crippen LogP contribution in [-0.2, 0) is 11.2 Å². The molecule has 0 aliphatic carbocycles. The number of halogens is 1. The van der Waals surface area contributed by atoms with Crippen LogP contribution in [0.25, 0.3) is 0 Å². The third kappa shape index (κ3) is 3.73. The SMILES string of the molecule is O=C(CCc1ccccc1Cl)Nc1ccccc1O. The van der Waals surface area contributed by atoms with Gasteiger partial charge in [-0.25, -0.2) is 0 Å². The van der Waals surface area contributed by atoms with Crippen molar-refractivity contribution in [3.63, 3.8) is 0 Å². The van der Waals surface area contributed by atoms with E-state index in [0.29, 0.717) is 23.6 Å². The van der Waals surface area contributed by atoms with Crippen molar-refractivity contribution in [1.82, 2.24) is 0 Å². The van der Waals surface area contributed by atoms with Crippen LogP contribution in [0.15, 0.2) is 48.5 Å². The monoisotopic (exact) mass is 275 g/mol. The number of anilines is 1. The van der Waals surface area contributed by atoms with Gasteiger partial charge in [-0.05, 0) is 30.2 Å². The van der Waals surface area contributed by atoms with Gasteiger partial charge in [-0.3, -0.25) is 4.79 Å². The van der Waals surface area contributed by atoms with Crippen LogP contribution in [0.2, 0.25) is 5.02 Å². The maximum absolute atomic E-state index is 11.8. The number of amides is 1. The van der Waals surface area contributed by atoms with Gasteiger partial charge >= 0.3 is 0 Å². The number of carbonyl (C=O) groups is 1. The number of aromatic hydroxyl groups is 1. The smallest absolute Gasteiger partial charge is 0.224 e. The Labute approximate surface area is 116 Å². The largest absolute Gasteiger partial charge is 0.506 e. The van der Waals surface area contributed by atoms with Gasteiger partial charge in [0, 0.05) is 11.4 Å². The summed E-state index contributed by atoms with van der Waals surface area (Å²) in [5, 5.41) is 12.9. The van der Waals surface area contributed by atoms with Gasteiger partial charge < -0.3 is 10.4 Å². The van der Waals surface area contributed by atoms with Crippen molar-refractivity contribution in [2.24, 2.45) is 0 Å². The number of carbonyl (C=O) groups excluding carboxylic acids is 1. The van der Waals surface area contributed by atoms with Gasteiger partial charge in [0.25, 0.3) is 0 Å². The molecule has 0 fully saturated rings. The third-order valence-electron chi connectivity index (χ3n) is 2.76. The lowest BCUT2D eigenvalue weighted by atomic mass is 10.1. The first kappa shape index (κ1) is 13.4. The molecule has 2 aromatic carbocycles. The molecule has 0 unspecified atom stereocenters. The van der Waals surface area contributed by atoms with E-state index in [1.54, 1.807) is 24.3 Å². The standard InChI is InChI=1S/C15H14ClNO2/c16-12-6-2-1-5-11(12)9-10-15(19)17-13-7-3-4-8-14(13)18/h1-8,18H,9-10H2,(H,17,19). The predicted molar refractivity (Wildman–Crippen MR) is 76.5 cm³/mol. The van der Waals surface area contributed by atoms with Crippen LogP contribution in [0.5, 0.6) is 5.75 Å². The highest BCUT2D eigenvalue weighted by molar-refractivity contribution is 6.31. The van der Waals surface area contributed by atoms with E-state index >= 15 is 0 Å². The summed E-state index contributed by atoms with van der Waals surface area (Å²) >= 11 is 6.02. The zero-order valence-electron chi connectivity index (χ0n) is 10.3. The summed E-state index contributed by atoms with van der Waals surface area (Å²) in [7, 11) is 0. The zero-order valence-corrected chi connectivity index (χ0v) is 11.0. The van der Waals surface area contributed by atoms with Crippen molar-refractivity contribution in [2.45, 2.75) is 12.8 Å². The molecule has 3 nitrogen and oxygen atoms in total. The molecular formula is C15H14ClNO2. The molecule has 2 N–H and O–H groups in total. The van der Waals surface area contributed by atoms with Crippen molar-refractivity contribution in [2.75, 3.05) is 5.32 Å². The summed E-state index contributed by atoms with van der Waals surface area (Å²) in [6.45, 7) is 0. The fraction of sp³-hybridized carbons (Fsp3) is 0.133. The summed E-state index contributed by atoms with van der Waals surface area (Å²) in [5.41, 5.74) is 1.36. The Morgan fingerprint density at radius 2 is 1.79 bits per heavy atom. The van der Waals surface area contributed by atoms with E-state index in [1.165, 1.54) is 6.07 Å². The number of phenols is 1. The normalized spacial score (nSPS) is 10.2. The van der Waals surface area contributed by atoms with Crippen molar-refractivity contribution >= 4 is 23.2 Å². The van der Waals surface area contributed by atoms with E-state index in [2.05, 4.69) is 5.32 Å². The van der Waals surface area contributed by atoms with Gasteiger partial charge in [-0.2, -0.15) is 0 Å². The molecule has 19 heavy (non-hydrogen) atoms. The maximum Gasteiger partial charge on any atom is 0.224 e. The molecule has 0 aliphatic rings. The number of hydrogen-bond acceptors (Lipinski definition) is 2. The number of rotatable bonds is 4. The Bertz CT molecular complexity index is 584. The van der Waals surface area contributed by atoms with Crippen molar-refractivity contribution in [3.8, 4) is 5.75 Å². The van der Waals surface area contributed by atoms with Crippen LogP contribution in [0.3, 0.4) is 0 Å². The third-order valence-corrected chi connectivity index (χ3v) is 3.13. The molecule has 0 aliphatic heterocycles. The van der Waals surface area contributed by atoms with E-state index in [4.69, 9.17) is 11.6 Å². The highest BCUT2D eigenvalue weighted by Crippen LogP contribution is 2.22. The van der Waals surface area contributed by atoms with E-state index < -0.39 is 0 Å². The molecular weight excluding hydrogens is 262 g/mol. The van der Waals surface area contributed by atoms with Crippen LogP contribution in [0, 0.1) is 0 Å². The highest BCUT2D eigenvalue weighted by Gasteiger charge is 2.07. The van der Waals surface area contributed by atoms with Gasteiger partial charge in [0.05, 0.1) is 5.69 Å². The summed E-state index contributed by atoms with van der Waals surface area (Å²) < 4.78 is 0. The molecule has 0 bridgehead atoms. The first-order chi connectivity index (χ1) is 9.16. The molecule has 98 valence electrons. The molecule has 0 radical (unpaired) electrons. The topological polar surface area (TPSA) is 49.3 Å². The highest BCUT2D eigenvalue weighted by atomic mass is 35.5. The van der Waals surface area contributed by atoms with Crippen LogP contribution >= 0.6 is 11.6 Å². The molecule has 1 amide bonds. The summed E-state index contributed by atoms with van der Waals surface area (Å²) in [4.78, 5) is 11.8. The first-order valence-electron chi connectivity index (χ1n) is 5.98. The number of nitrogens with one attached hydrogen (secondary N) is 1. The number of benzene rings is 2. The Morgan fingerprint density at radius 3 is 2.53 bits per heavy atom. The minimum Gasteiger partial charge on any atom is -0.506 e. The summed E-state index contributed by atoms with van der Waals surface area (Å²) in [6, 6.07) is 14.1. The van der Waals surface area contributed by atoms with Crippen molar-refractivity contribution < 1.29 is 9.90 Å². The number of hydrogen-bond donors (Lipinski definition) is 2. The minimum atomic E-state index is -0.151. The quantitative estimate of drug-likeness (QED) is 0.838. The molecule has 0 saturated heterocycles. The van der Waals surface area contributed by atoms with Crippen LogP contribution in [-0.4, -0.2) is 11.0 Å². The molecule has 0 saturated carbocycles. The Balaban J connectivity index is 1.92. The lowest BCUT2D eigenvalue weighted by Crippen LogP contribution is -2.12. The first-order valence-corrected chi connectivity index (χ1v) is 6.36. The fourth-order valence-electron chi connectivity index (χ4n) is 1.74. The maximum atomic E-state index is 11.8. The number of para-hydroxylation sites is 2. The second-order valence-corrected chi connectivity index (χ2v) is 4.56. The Morgan fingerprint density at radius 1 is 1.11 bits per heavy atom. The second kappa shape index (κ2) is 6.25. The molecule has 0 spiro atoms. The predicted octanol–water partition coefficient (Wildman–Crippen LogP) is 3.62. The van der Waals surface area contributed by atoms with Crippen LogP contribution in [0.4, 0.5) is 5.69 Å². The second-order valence-electron chi connectivity index (χ2n) is 4.16. The minimum absolute atomic E-state index is 0.0635. The van der Waals surface area contributed by atoms with Gasteiger partial charge in [0.1, 0.15) is 5.75 Å². The van der Waals surface area contributed by atoms with E-state index in [9.17, 15) is 9.90 Å². The average Bonchev–Trinajstić information content (AvgIpc) is 2.40. The molecule has 0 aromatic heterocycles. The summed E-state index contributed by atoms with van der Waals surface area (Å²) in [6.07, 6.45) is 0.886. The van der Waals surface area contributed by atoms with Crippen molar-refractivity contribution in [1.29, 1.82) is 0 Å². The Hall–Kier alpha value is -2.00. The Kier molecular flexibility index (Phi) is 4.42. The number of aryl methyl sites for hydroxylation is 1. The summed E-state index contributed by atoms with van der Waals surface area (Å²) in [5.74, 6) is -0.0880.